The van der Waals surface area contributed by atoms with E-state index in [1.54, 1.807) is 34.6 Å². The molecule has 0 unspecified atom stereocenters. The highest BCUT2D eigenvalue weighted by molar-refractivity contribution is 7.12. The first-order valence-electron chi connectivity index (χ1n) is 9.39. The monoisotopic (exact) mass is 413 g/mol. The van der Waals surface area contributed by atoms with E-state index in [4.69, 9.17) is 4.74 Å². The molecule has 0 saturated carbocycles. The number of rotatable bonds is 9. The third kappa shape index (κ3) is 4.41. The van der Waals surface area contributed by atoms with Gasteiger partial charge >= 0.3 is 0 Å². The zero-order chi connectivity index (χ0) is 21.0. The second-order valence-electron chi connectivity index (χ2n) is 7.10. The van der Waals surface area contributed by atoms with Crippen LogP contribution in [0, 0.1) is 0 Å². The summed E-state index contributed by atoms with van der Waals surface area (Å²) in [6.45, 7) is 5.09. The van der Waals surface area contributed by atoms with Crippen LogP contribution in [0.2, 0.25) is 0 Å². The van der Waals surface area contributed by atoms with Crippen LogP contribution in [0.3, 0.4) is 0 Å². The molecule has 6 nitrogen and oxygen atoms in total. The number of Topliss-reactive ketones (excluding diaryl/α,β-unsaturated/α-hetero) is 1. The first-order chi connectivity index (χ1) is 13.9. The zero-order valence-corrected chi connectivity index (χ0v) is 17.4. The molecule has 2 N–H and O–H groups in total. The van der Waals surface area contributed by atoms with E-state index in [0.29, 0.717) is 30.3 Å². The highest BCUT2D eigenvalue weighted by Crippen LogP contribution is 2.40. The number of ether oxygens (including phenoxy) is 1. The van der Waals surface area contributed by atoms with Crippen molar-refractivity contribution in [1.82, 2.24) is 4.90 Å². The Hall–Kier alpha value is -2.90. The van der Waals surface area contributed by atoms with E-state index in [-0.39, 0.29) is 11.4 Å². The SMILES string of the molecule is C=CCOc1cccc([C@H]2C(C(=O)c3cccs3)=C(O)C(=O)N2CC[NH+](C)C)c1. The Kier molecular flexibility index (Phi) is 6.51. The number of carbonyl (C=O) groups excluding carboxylic acids is 2. The Morgan fingerprint density at radius 2 is 2.14 bits per heavy atom. The number of carbonyl (C=O) groups is 2. The third-order valence-electron chi connectivity index (χ3n) is 4.69. The van der Waals surface area contributed by atoms with Gasteiger partial charge in [-0.05, 0) is 29.1 Å². The number of benzene rings is 1. The van der Waals surface area contributed by atoms with E-state index < -0.39 is 17.7 Å². The summed E-state index contributed by atoms with van der Waals surface area (Å²) in [5.74, 6) is -0.705. The van der Waals surface area contributed by atoms with Gasteiger partial charge < -0.3 is 19.6 Å². The number of aliphatic hydroxyl groups excluding tert-OH is 1. The molecule has 1 aliphatic heterocycles. The van der Waals surface area contributed by atoms with Crippen molar-refractivity contribution in [3.05, 3.63) is 76.2 Å². The standard InChI is InChI=1S/C22H24N2O4S/c1-4-12-28-16-8-5-7-15(14-16)19-18(20(25)17-9-6-13-29-17)21(26)22(27)24(19)11-10-23(2)3/h4-9,13-14,19,26H,1,10-12H2,2-3H3/p+1/t19-/m0/s1. The van der Waals surface area contributed by atoms with Crippen molar-refractivity contribution in [2.45, 2.75) is 6.04 Å². The van der Waals surface area contributed by atoms with Gasteiger partial charge in [-0.3, -0.25) is 9.59 Å². The molecule has 0 bridgehead atoms. The average Bonchev–Trinajstić information content (AvgIpc) is 3.32. The van der Waals surface area contributed by atoms with Crippen LogP contribution in [-0.4, -0.2) is 55.5 Å². The molecule has 2 aromatic rings. The molecule has 0 aliphatic carbocycles. The molecule has 1 amide bonds. The Bertz CT molecular complexity index is 934. The van der Waals surface area contributed by atoms with Gasteiger partial charge in [0.05, 0.1) is 43.7 Å². The van der Waals surface area contributed by atoms with Gasteiger partial charge in [0.2, 0.25) is 5.78 Å². The largest absolute Gasteiger partial charge is 0.503 e. The Morgan fingerprint density at radius 3 is 2.79 bits per heavy atom. The number of nitrogens with one attached hydrogen (secondary N) is 1. The molecule has 1 aromatic heterocycles. The number of nitrogens with zero attached hydrogens (tertiary/aromatic N) is 1. The molecule has 3 rings (SSSR count). The molecule has 1 aromatic carbocycles. The van der Waals surface area contributed by atoms with Crippen LogP contribution in [0.15, 0.2) is 65.8 Å². The van der Waals surface area contributed by atoms with Crippen LogP contribution in [-0.2, 0) is 4.79 Å². The lowest BCUT2D eigenvalue weighted by Gasteiger charge is -2.27. The van der Waals surface area contributed by atoms with Crippen LogP contribution in [0.4, 0.5) is 0 Å². The number of ketones is 1. The maximum atomic E-state index is 13.2. The number of hydrogen-bond acceptors (Lipinski definition) is 5. The van der Waals surface area contributed by atoms with Crippen molar-refractivity contribution < 1.29 is 24.3 Å². The lowest BCUT2D eigenvalue weighted by molar-refractivity contribution is -0.857. The van der Waals surface area contributed by atoms with Gasteiger partial charge in [0.15, 0.2) is 5.76 Å². The van der Waals surface area contributed by atoms with E-state index in [0.717, 1.165) is 10.5 Å². The van der Waals surface area contributed by atoms with Crippen LogP contribution < -0.4 is 9.64 Å². The number of hydrogen-bond donors (Lipinski definition) is 2. The van der Waals surface area contributed by atoms with Gasteiger partial charge in [0.1, 0.15) is 12.4 Å². The number of aliphatic hydroxyl groups is 1. The Labute approximate surface area is 174 Å². The second-order valence-corrected chi connectivity index (χ2v) is 8.05. The minimum absolute atomic E-state index is 0.118. The molecular formula is C22H25N2O4S+. The molecular weight excluding hydrogens is 388 g/mol. The van der Waals surface area contributed by atoms with E-state index in [1.807, 2.05) is 32.3 Å². The molecule has 2 heterocycles. The average molecular weight is 414 g/mol. The van der Waals surface area contributed by atoms with Gasteiger partial charge in [-0.25, -0.2) is 0 Å². The number of amides is 1. The summed E-state index contributed by atoms with van der Waals surface area (Å²) in [7, 11) is 3.98. The summed E-state index contributed by atoms with van der Waals surface area (Å²) in [6, 6.07) is 10.1. The summed E-state index contributed by atoms with van der Waals surface area (Å²) in [5.41, 5.74) is 0.838. The number of thiophene rings is 1. The second kappa shape index (κ2) is 9.07. The van der Waals surface area contributed by atoms with E-state index in [1.165, 1.54) is 11.3 Å². The summed E-state index contributed by atoms with van der Waals surface area (Å²) < 4.78 is 5.62. The fourth-order valence-corrected chi connectivity index (χ4v) is 3.95. The summed E-state index contributed by atoms with van der Waals surface area (Å²) >= 11 is 1.29. The minimum atomic E-state index is -0.663. The first-order valence-corrected chi connectivity index (χ1v) is 10.3. The topological polar surface area (TPSA) is 71.3 Å². The molecule has 0 fully saturated rings. The lowest BCUT2D eigenvalue weighted by Crippen LogP contribution is -3.06. The van der Waals surface area contributed by atoms with Crippen LogP contribution in [0.1, 0.15) is 21.3 Å². The summed E-state index contributed by atoms with van der Waals surface area (Å²) in [5, 5.41) is 12.4. The van der Waals surface area contributed by atoms with Crippen molar-refractivity contribution in [2.75, 3.05) is 33.8 Å². The van der Waals surface area contributed by atoms with Crippen molar-refractivity contribution in [3.8, 4) is 5.75 Å². The molecule has 1 aliphatic rings. The van der Waals surface area contributed by atoms with E-state index in [2.05, 4.69) is 6.58 Å². The van der Waals surface area contributed by atoms with Crippen molar-refractivity contribution in [3.63, 3.8) is 0 Å². The number of likely N-dealkylation sites (N-methyl/N-ethyl adjacent to an activating group) is 1. The van der Waals surface area contributed by atoms with Crippen LogP contribution in [0.25, 0.3) is 0 Å². The maximum absolute atomic E-state index is 13.2. The van der Waals surface area contributed by atoms with E-state index >= 15 is 0 Å². The zero-order valence-electron chi connectivity index (χ0n) is 16.6. The van der Waals surface area contributed by atoms with Gasteiger partial charge in [0, 0.05) is 0 Å². The van der Waals surface area contributed by atoms with Crippen molar-refractivity contribution in [2.24, 2.45) is 0 Å². The van der Waals surface area contributed by atoms with Crippen molar-refractivity contribution >= 4 is 23.0 Å². The van der Waals surface area contributed by atoms with E-state index in [9.17, 15) is 14.7 Å². The third-order valence-corrected chi connectivity index (χ3v) is 5.56. The van der Waals surface area contributed by atoms with Crippen LogP contribution >= 0.6 is 11.3 Å². The maximum Gasteiger partial charge on any atom is 0.290 e. The molecule has 0 radical (unpaired) electrons. The Morgan fingerprint density at radius 1 is 1.34 bits per heavy atom. The molecule has 0 saturated heterocycles. The predicted octanol–water partition coefficient (Wildman–Crippen LogP) is 2.04. The molecule has 152 valence electrons. The van der Waals surface area contributed by atoms with Gasteiger partial charge in [-0.15, -0.1) is 11.3 Å². The Balaban J connectivity index is 2.04. The summed E-state index contributed by atoms with van der Waals surface area (Å²) in [4.78, 5) is 29.2. The summed E-state index contributed by atoms with van der Waals surface area (Å²) in [6.07, 6.45) is 1.65. The lowest BCUT2D eigenvalue weighted by atomic mass is 9.95. The fourth-order valence-electron chi connectivity index (χ4n) is 3.28. The molecule has 29 heavy (non-hydrogen) atoms. The first kappa shape index (κ1) is 20.8. The van der Waals surface area contributed by atoms with Crippen molar-refractivity contribution in [1.29, 1.82) is 0 Å². The number of quaternary nitrogens is 1. The molecule has 0 spiro atoms. The fraction of sp³-hybridized carbons (Fsp3) is 0.273. The highest BCUT2D eigenvalue weighted by atomic mass is 32.1. The van der Waals surface area contributed by atoms with Crippen LogP contribution in [0.5, 0.6) is 5.75 Å². The smallest absolute Gasteiger partial charge is 0.290 e. The van der Waals surface area contributed by atoms with Gasteiger partial charge in [0.25, 0.3) is 5.91 Å². The highest BCUT2D eigenvalue weighted by Gasteiger charge is 2.44. The quantitative estimate of drug-likeness (QED) is 0.488. The normalized spacial score (nSPS) is 16.6. The molecule has 1 atom stereocenters. The predicted molar refractivity (Wildman–Crippen MR) is 113 cm³/mol. The minimum Gasteiger partial charge on any atom is -0.503 e. The van der Waals surface area contributed by atoms with Gasteiger partial charge in [-0.1, -0.05) is 30.9 Å². The van der Waals surface area contributed by atoms with Gasteiger partial charge in [-0.2, -0.15) is 0 Å². The molecule has 7 heteroatoms.